The molecule has 0 amide bonds. The van der Waals surface area contributed by atoms with Crippen LogP contribution in [0, 0.1) is 0 Å². The average molecular weight is 281 g/mol. The van der Waals surface area contributed by atoms with Crippen LogP contribution in [0.3, 0.4) is 0 Å². The summed E-state index contributed by atoms with van der Waals surface area (Å²) in [6, 6.07) is 13.3. The number of likely N-dealkylation sites (tertiary alicyclic amines) is 1. The van der Waals surface area contributed by atoms with Crippen LogP contribution in [0.25, 0.3) is 11.1 Å². The van der Waals surface area contributed by atoms with Crippen LogP contribution < -0.4 is 5.73 Å². The Bertz CT molecular complexity index is 565. The third-order valence-electron chi connectivity index (χ3n) is 4.55. The van der Waals surface area contributed by atoms with Gasteiger partial charge in [-0.1, -0.05) is 30.7 Å². The van der Waals surface area contributed by atoms with E-state index < -0.39 is 0 Å². The average Bonchev–Trinajstić information content (AvgIpc) is 2.56. The molecule has 1 aromatic heterocycles. The third kappa shape index (κ3) is 3.14. The zero-order chi connectivity index (χ0) is 14.7. The highest BCUT2D eigenvalue weighted by molar-refractivity contribution is 5.63. The van der Waals surface area contributed by atoms with Gasteiger partial charge in [0.2, 0.25) is 0 Å². The van der Waals surface area contributed by atoms with E-state index in [2.05, 4.69) is 41.2 Å². The summed E-state index contributed by atoms with van der Waals surface area (Å²) in [5.74, 6) is 0. The van der Waals surface area contributed by atoms with Crippen LogP contribution in [-0.2, 0) is 0 Å². The van der Waals surface area contributed by atoms with Gasteiger partial charge in [-0.15, -0.1) is 0 Å². The maximum atomic E-state index is 6.50. The molecular formula is C18H23N3. The van der Waals surface area contributed by atoms with Crippen LogP contribution in [0.2, 0.25) is 0 Å². The molecule has 0 saturated carbocycles. The predicted octanol–water partition coefficient (Wildman–Crippen LogP) is 3.23. The number of nitrogens with zero attached hydrogens (tertiary/aromatic N) is 2. The fourth-order valence-electron chi connectivity index (χ4n) is 3.22. The first-order valence-corrected chi connectivity index (χ1v) is 7.72. The number of aromatic nitrogens is 1. The van der Waals surface area contributed by atoms with E-state index in [0.717, 1.165) is 6.54 Å². The molecule has 1 fully saturated rings. The lowest BCUT2D eigenvalue weighted by molar-refractivity contribution is 0.160. The van der Waals surface area contributed by atoms with Crippen LogP contribution in [-0.4, -0.2) is 29.5 Å². The number of hydrogen-bond acceptors (Lipinski definition) is 3. The van der Waals surface area contributed by atoms with Crippen molar-refractivity contribution in [2.24, 2.45) is 5.73 Å². The van der Waals surface area contributed by atoms with Crippen LogP contribution in [0.1, 0.15) is 30.9 Å². The molecule has 1 aliphatic rings. The predicted molar refractivity (Wildman–Crippen MR) is 86.9 cm³/mol. The third-order valence-corrected chi connectivity index (χ3v) is 4.55. The molecule has 2 heterocycles. The Morgan fingerprint density at radius 2 is 1.71 bits per heavy atom. The molecule has 2 N–H and O–H groups in total. The van der Waals surface area contributed by atoms with Crippen molar-refractivity contribution in [1.29, 1.82) is 0 Å². The van der Waals surface area contributed by atoms with Gasteiger partial charge in [-0.3, -0.25) is 4.98 Å². The lowest BCUT2D eigenvalue weighted by Crippen LogP contribution is -2.43. The smallest absolute Gasteiger partial charge is 0.0452 e. The second-order valence-electron chi connectivity index (χ2n) is 5.93. The molecule has 0 aliphatic carbocycles. The molecule has 0 spiro atoms. The summed E-state index contributed by atoms with van der Waals surface area (Å²) in [7, 11) is 2.19. The normalized spacial score (nSPS) is 21.1. The molecule has 1 aromatic carbocycles. The number of piperidine rings is 1. The fourth-order valence-corrected chi connectivity index (χ4v) is 3.22. The molecule has 3 rings (SSSR count). The summed E-state index contributed by atoms with van der Waals surface area (Å²) in [6.45, 7) is 1.16. The van der Waals surface area contributed by atoms with Gasteiger partial charge in [0.1, 0.15) is 0 Å². The van der Waals surface area contributed by atoms with E-state index >= 15 is 0 Å². The van der Waals surface area contributed by atoms with Crippen molar-refractivity contribution < 1.29 is 0 Å². The van der Waals surface area contributed by atoms with Crippen molar-refractivity contribution in [3.05, 3.63) is 54.4 Å². The lowest BCUT2D eigenvalue weighted by atomic mass is 9.91. The minimum Gasteiger partial charge on any atom is -0.323 e. The number of pyridine rings is 1. The lowest BCUT2D eigenvalue weighted by Gasteiger charge is -2.36. The van der Waals surface area contributed by atoms with E-state index in [1.807, 2.05) is 24.5 Å². The second-order valence-corrected chi connectivity index (χ2v) is 5.93. The highest BCUT2D eigenvalue weighted by Crippen LogP contribution is 2.27. The van der Waals surface area contributed by atoms with Crippen LogP contribution in [0.15, 0.2) is 48.8 Å². The number of nitrogens with two attached hydrogens (primary N) is 1. The molecule has 2 atom stereocenters. The quantitative estimate of drug-likeness (QED) is 0.939. The molecule has 0 bridgehead atoms. The van der Waals surface area contributed by atoms with Gasteiger partial charge in [0.15, 0.2) is 0 Å². The van der Waals surface area contributed by atoms with E-state index in [1.54, 1.807) is 0 Å². The van der Waals surface area contributed by atoms with Crippen LogP contribution >= 0.6 is 0 Å². The van der Waals surface area contributed by atoms with Crippen molar-refractivity contribution in [2.45, 2.75) is 31.3 Å². The summed E-state index contributed by atoms with van der Waals surface area (Å²) in [5, 5.41) is 0. The van der Waals surface area contributed by atoms with Crippen molar-refractivity contribution in [3.8, 4) is 11.1 Å². The summed E-state index contributed by atoms with van der Waals surface area (Å²) in [4.78, 5) is 6.47. The topological polar surface area (TPSA) is 42.1 Å². The largest absolute Gasteiger partial charge is 0.323 e. The maximum Gasteiger partial charge on any atom is 0.0452 e. The van der Waals surface area contributed by atoms with E-state index in [0.29, 0.717) is 6.04 Å². The van der Waals surface area contributed by atoms with Gasteiger partial charge in [-0.2, -0.15) is 0 Å². The molecule has 21 heavy (non-hydrogen) atoms. The Morgan fingerprint density at radius 1 is 1.05 bits per heavy atom. The van der Waals surface area contributed by atoms with Gasteiger partial charge >= 0.3 is 0 Å². The zero-order valence-corrected chi connectivity index (χ0v) is 12.6. The first kappa shape index (κ1) is 14.2. The summed E-state index contributed by atoms with van der Waals surface area (Å²) in [6.07, 6.45) is 7.43. The van der Waals surface area contributed by atoms with Gasteiger partial charge in [-0.25, -0.2) is 0 Å². The number of hydrogen-bond donors (Lipinski definition) is 1. The molecule has 0 radical (unpaired) electrons. The van der Waals surface area contributed by atoms with Crippen molar-refractivity contribution >= 4 is 0 Å². The summed E-state index contributed by atoms with van der Waals surface area (Å²) >= 11 is 0. The summed E-state index contributed by atoms with van der Waals surface area (Å²) < 4.78 is 0. The minimum absolute atomic E-state index is 0.0989. The molecular weight excluding hydrogens is 258 g/mol. The molecule has 1 saturated heterocycles. The van der Waals surface area contributed by atoms with Gasteiger partial charge < -0.3 is 10.6 Å². The highest BCUT2D eigenvalue weighted by atomic mass is 15.1. The number of rotatable bonds is 3. The minimum atomic E-state index is 0.0989. The van der Waals surface area contributed by atoms with E-state index in [-0.39, 0.29) is 6.04 Å². The van der Waals surface area contributed by atoms with E-state index in [1.165, 1.54) is 36.0 Å². The standard InChI is InChI=1S/C18H23N3/c1-21-13-3-2-4-17(21)18(19)16-7-5-14(6-8-16)15-9-11-20-12-10-15/h5-12,17-18H,2-4,13,19H2,1H3/t17-,18?/m0/s1. The molecule has 2 aromatic rings. The van der Waals surface area contributed by atoms with Gasteiger partial charge in [0, 0.05) is 24.5 Å². The SMILES string of the molecule is CN1CCCC[C@H]1C(N)c1ccc(-c2ccncc2)cc1. The Labute approximate surface area is 126 Å². The second kappa shape index (κ2) is 6.37. The fraction of sp³-hybridized carbons (Fsp3) is 0.389. The molecule has 3 nitrogen and oxygen atoms in total. The first-order chi connectivity index (χ1) is 10.3. The Hall–Kier alpha value is -1.71. The van der Waals surface area contributed by atoms with Crippen LogP contribution in [0.5, 0.6) is 0 Å². The Morgan fingerprint density at radius 3 is 2.38 bits per heavy atom. The van der Waals surface area contributed by atoms with Gasteiger partial charge in [0.05, 0.1) is 0 Å². The first-order valence-electron chi connectivity index (χ1n) is 7.72. The van der Waals surface area contributed by atoms with Gasteiger partial charge in [-0.05, 0) is 55.3 Å². The monoisotopic (exact) mass is 281 g/mol. The molecule has 3 heteroatoms. The highest BCUT2D eigenvalue weighted by Gasteiger charge is 2.25. The summed E-state index contributed by atoms with van der Waals surface area (Å²) in [5.41, 5.74) is 10.1. The van der Waals surface area contributed by atoms with Crippen molar-refractivity contribution in [1.82, 2.24) is 9.88 Å². The van der Waals surface area contributed by atoms with E-state index in [4.69, 9.17) is 5.73 Å². The van der Waals surface area contributed by atoms with Crippen LogP contribution in [0.4, 0.5) is 0 Å². The zero-order valence-electron chi connectivity index (χ0n) is 12.6. The van der Waals surface area contributed by atoms with E-state index in [9.17, 15) is 0 Å². The molecule has 1 unspecified atom stereocenters. The maximum absolute atomic E-state index is 6.50. The van der Waals surface area contributed by atoms with Crippen molar-refractivity contribution in [2.75, 3.05) is 13.6 Å². The Kier molecular flexibility index (Phi) is 4.32. The number of likely N-dealkylation sites (N-methyl/N-ethyl adjacent to an activating group) is 1. The Balaban J connectivity index is 1.77. The molecule has 1 aliphatic heterocycles. The van der Waals surface area contributed by atoms with Gasteiger partial charge in [0.25, 0.3) is 0 Å². The molecule has 110 valence electrons. The van der Waals surface area contributed by atoms with Crippen molar-refractivity contribution in [3.63, 3.8) is 0 Å². The number of benzene rings is 1.